The molecule has 0 N–H and O–H groups in total. The van der Waals surface area contributed by atoms with Crippen LogP contribution in [0.5, 0.6) is 0 Å². The summed E-state index contributed by atoms with van der Waals surface area (Å²) in [5.74, 6) is 0.0751. The van der Waals surface area contributed by atoms with Crippen LogP contribution in [0.2, 0.25) is 5.02 Å². The van der Waals surface area contributed by atoms with E-state index in [-0.39, 0.29) is 35.6 Å². The number of para-hydroxylation sites is 1. The monoisotopic (exact) mass is 439 g/mol. The van der Waals surface area contributed by atoms with Crippen molar-refractivity contribution in [1.29, 1.82) is 0 Å². The minimum absolute atomic E-state index is 0.0152. The van der Waals surface area contributed by atoms with Crippen molar-refractivity contribution in [2.24, 2.45) is 11.8 Å². The predicted molar refractivity (Wildman–Crippen MR) is 116 cm³/mol. The summed E-state index contributed by atoms with van der Waals surface area (Å²) in [5.41, 5.74) is 1.44. The van der Waals surface area contributed by atoms with Crippen LogP contribution in [0.15, 0.2) is 54.9 Å². The smallest absolute Gasteiger partial charge is 0.181 e. The number of carbonyl (C=O) groups is 2. The fourth-order valence-electron chi connectivity index (χ4n) is 4.15. The number of halogens is 2. The minimum atomic E-state index is -0.356. The Morgan fingerprint density at radius 1 is 1.06 bits per heavy atom. The van der Waals surface area contributed by atoms with Gasteiger partial charge in [0.05, 0.1) is 17.1 Å². The molecule has 0 saturated heterocycles. The van der Waals surface area contributed by atoms with Crippen LogP contribution in [-0.4, -0.2) is 26.3 Å². The maximum Gasteiger partial charge on any atom is 0.181 e. The van der Waals surface area contributed by atoms with Crippen molar-refractivity contribution in [2.45, 2.75) is 38.5 Å². The Labute approximate surface area is 185 Å². The van der Waals surface area contributed by atoms with Crippen molar-refractivity contribution in [2.75, 3.05) is 0 Å². The van der Waals surface area contributed by atoms with Gasteiger partial charge in [-0.15, -0.1) is 0 Å². The Morgan fingerprint density at radius 3 is 2.55 bits per heavy atom. The Hall–Kier alpha value is -2.86. The van der Waals surface area contributed by atoms with Crippen molar-refractivity contribution in [1.82, 2.24) is 14.8 Å². The lowest BCUT2D eigenvalue weighted by molar-refractivity contribution is -0.123. The van der Waals surface area contributed by atoms with E-state index in [4.69, 9.17) is 11.6 Å². The second-order valence-corrected chi connectivity index (χ2v) is 8.49. The summed E-state index contributed by atoms with van der Waals surface area (Å²) >= 11 is 5.82. The molecule has 1 aliphatic carbocycles. The molecule has 1 fully saturated rings. The summed E-state index contributed by atoms with van der Waals surface area (Å²) in [5, 5.41) is 4.87. The van der Waals surface area contributed by atoms with Crippen LogP contribution in [0.25, 0.3) is 5.69 Å². The molecule has 31 heavy (non-hydrogen) atoms. The molecule has 1 aliphatic rings. The number of ketones is 2. The van der Waals surface area contributed by atoms with Gasteiger partial charge in [0.1, 0.15) is 23.0 Å². The fourth-order valence-corrected chi connectivity index (χ4v) is 4.26. The molecule has 0 atom stereocenters. The Balaban J connectivity index is 1.28. The van der Waals surface area contributed by atoms with Gasteiger partial charge in [-0.1, -0.05) is 23.7 Å². The molecule has 1 aromatic carbocycles. The molecule has 2 heterocycles. The van der Waals surface area contributed by atoms with Gasteiger partial charge in [-0.3, -0.25) is 14.6 Å². The van der Waals surface area contributed by atoms with E-state index < -0.39 is 0 Å². The van der Waals surface area contributed by atoms with Crippen LogP contribution in [0, 0.1) is 17.7 Å². The van der Waals surface area contributed by atoms with Crippen LogP contribution >= 0.6 is 11.6 Å². The molecule has 3 aromatic rings. The van der Waals surface area contributed by atoms with E-state index in [1.807, 2.05) is 0 Å². The van der Waals surface area contributed by atoms with Gasteiger partial charge in [-0.2, -0.15) is 5.10 Å². The van der Waals surface area contributed by atoms with Crippen molar-refractivity contribution in [3.63, 3.8) is 0 Å². The molecule has 0 bridgehead atoms. The van der Waals surface area contributed by atoms with E-state index in [0.717, 1.165) is 25.7 Å². The molecule has 5 nitrogen and oxygen atoms in total. The van der Waals surface area contributed by atoms with Crippen LogP contribution in [0.3, 0.4) is 0 Å². The summed E-state index contributed by atoms with van der Waals surface area (Å²) in [6.07, 6.45) is 7.09. The number of benzene rings is 1. The van der Waals surface area contributed by atoms with Crippen molar-refractivity contribution in [3.05, 3.63) is 77.1 Å². The highest BCUT2D eigenvalue weighted by atomic mass is 35.5. The first-order chi connectivity index (χ1) is 15.0. The predicted octanol–water partition coefficient (Wildman–Crippen LogP) is 5.25. The zero-order valence-corrected chi connectivity index (χ0v) is 17.8. The highest BCUT2D eigenvalue weighted by Crippen LogP contribution is 2.32. The summed E-state index contributed by atoms with van der Waals surface area (Å²) in [4.78, 5) is 29.3. The van der Waals surface area contributed by atoms with Crippen molar-refractivity contribution in [3.8, 4) is 5.69 Å². The first kappa shape index (κ1) is 21.4. The topological polar surface area (TPSA) is 64.8 Å². The third-order valence-corrected chi connectivity index (χ3v) is 6.11. The molecule has 160 valence electrons. The third kappa shape index (κ3) is 5.25. The normalized spacial score (nSPS) is 18.6. The lowest BCUT2D eigenvalue weighted by atomic mass is 9.77. The van der Waals surface area contributed by atoms with Gasteiger partial charge in [-0.05, 0) is 61.9 Å². The van der Waals surface area contributed by atoms with E-state index >= 15 is 0 Å². The zero-order valence-electron chi connectivity index (χ0n) is 17.0. The average Bonchev–Trinajstić information content (AvgIpc) is 3.23. The van der Waals surface area contributed by atoms with E-state index in [2.05, 4.69) is 10.1 Å². The first-order valence-corrected chi connectivity index (χ1v) is 10.8. The highest BCUT2D eigenvalue weighted by Gasteiger charge is 2.28. The number of aromatic nitrogens is 3. The molecule has 0 unspecified atom stereocenters. The second-order valence-electron chi connectivity index (χ2n) is 8.05. The van der Waals surface area contributed by atoms with Crippen LogP contribution in [0.4, 0.5) is 4.39 Å². The molecular formula is C24H23ClFN3O2. The van der Waals surface area contributed by atoms with Crippen LogP contribution < -0.4 is 0 Å². The summed E-state index contributed by atoms with van der Waals surface area (Å²) < 4.78 is 15.4. The standard InChI is InChI=1S/C24H23ClFN3O2/c25-18-9-10-21(27-15-18)24(31)13-16-5-7-17(8-6-16)23(30)14-19-11-12-29(28-19)22-4-2-1-3-20(22)26/h1-4,9-12,15-17H,5-8,13-14H2. The van der Waals surface area contributed by atoms with Gasteiger partial charge in [-0.25, -0.2) is 9.07 Å². The summed E-state index contributed by atoms with van der Waals surface area (Å²) in [6.45, 7) is 0. The molecule has 0 amide bonds. The van der Waals surface area contributed by atoms with E-state index in [1.54, 1.807) is 42.6 Å². The number of rotatable bonds is 7. The largest absolute Gasteiger partial charge is 0.299 e. The SMILES string of the molecule is O=C(CC1CCC(C(=O)Cc2ccn(-c3ccccc3F)n2)CC1)c1ccc(Cl)cn1. The van der Waals surface area contributed by atoms with Gasteiger partial charge in [0.2, 0.25) is 0 Å². The zero-order chi connectivity index (χ0) is 21.8. The van der Waals surface area contributed by atoms with Crippen molar-refractivity contribution >= 4 is 23.2 Å². The molecular weight excluding hydrogens is 417 g/mol. The Kier molecular flexibility index (Phi) is 6.56. The number of Topliss-reactive ketones (excluding diaryl/α,β-unsaturated/α-hetero) is 2. The third-order valence-electron chi connectivity index (χ3n) is 5.89. The molecule has 7 heteroatoms. The van der Waals surface area contributed by atoms with Gasteiger partial charge in [0, 0.05) is 24.7 Å². The highest BCUT2D eigenvalue weighted by molar-refractivity contribution is 6.30. The molecule has 0 aliphatic heterocycles. The van der Waals surface area contributed by atoms with E-state index in [1.165, 1.54) is 16.9 Å². The first-order valence-electron chi connectivity index (χ1n) is 10.5. The number of pyridine rings is 1. The fraction of sp³-hybridized carbons (Fsp3) is 0.333. The van der Waals surface area contributed by atoms with Gasteiger partial charge in [0.15, 0.2) is 5.78 Å². The molecule has 2 aromatic heterocycles. The van der Waals surface area contributed by atoms with E-state index in [0.29, 0.717) is 28.5 Å². The number of nitrogens with zero attached hydrogens (tertiary/aromatic N) is 3. The maximum atomic E-state index is 13.9. The van der Waals surface area contributed by atoms with Gasteiger partial charge >= 0.3 is 0 Å². The molecule has 4 rings (SSSR count). The maximum absolute atomic E-state index is 13.9. The van der Waals surface area contributed by atoms with Gasteiger partial charge < -0.3 is 0 Å². The number of carbonyl (C=O) groups excluding carboxylic acids is 2. The van der Waals surface area contributed by atoms with Gasteiger partial charge in [0.25, 0.3) is 0 Å². The minimum Gasteiger partial charge on any atom is -0.299 e. The molecule has 0 radical (unpaired) electrons. The second kappa shape index (κ2) is 9.52. The lowest BCUT2D eigenvalue weighted by Gasteiger charge is -2.27. The quantitative estimate of drug-likeness (QED) is 0.471. The average molecular weight is 440 g/mol. The molecule has 0 spiro atoms. The Bertz CT molecular complexity index is 1070. The Morgan fingerprint density at radius 2 is 1.84 bits per heavy atom. The lowest BCUT2D eigenvalue weighted by Crippen LogP contribution is -2.24. The summed E-state index contributed by atoms with van der Waals surface area (Å²) in [7, 11) is 0. The number of hydrogen-bond donors (Lipinski definition) is 0. The van der Waals surface area contributed by atoms with Crippen molar-refractivity contribution < 1.29 is 14.0 Å². The summed E-state index contributed by atoms with van der Waals surface area (Å²) in [6, 6.07) is 11.5. The van der Waals surface area contributed by atoms with Crippen LogP contribution in [0.1, 0.15) is 48.3 Å². The van der Waals surface area contributed by atoms with E-state index in [9.17, 15) is 14.0 Å². The number of hydrogen-bond acceptors (Lipinski definition) is 4. The van der Waals surface area contributed by atoms with Crippen LogP contribution in [-0.2, 0) is 11.2 Å². The molecule has 1 saturated carbocycles.